The molecule has 2 rings (SSSR count). The van der Waals surface area contributed by atoms with Crippen LogP contribution in [0.5, 0.6) is 0 Å². The van der Waals surface area contributed by atoms with Crippen LogP contribution in [-0.4, -0.2) is 11.9 Å². The fraction of sp³-hybridized carbons (Fsp3) is 0.562. The molecule has 19 heavy (non-hydrogen) atoms. The molecule has 0 heterocycles. The minimum absolute atomic E-state index is 0.121. The molecular formula is C16H24N2O. The van der Waals surface area contributed by atoms with Gasteiger partial charge in [-0.05, 0) is 36.5 Å². The first kappa shape index (κ1) is 13.9. The van der Waals surface area contributed by atoms with Gasteiger partial charge in [0.1, 0.15) is 0 Å². The zero-order valence-corrected chi connectivity index (χ0v) is 11.7. The second kappa shape index (κ2) is 6.60. The first-order valence-corrected chi connectivity index (χ1v) is 7.33. The first-order valence-electron chi connectivity index (χ1n) is 7.33. The molecule has 1 saturated carbocycles. The van der Waals surface area contributed by atoms with Crippen molar-refractivity contribution in [3.05, 3.63) is 29.8 Å². The summed E-state index contributed by atoms with van der Waals surface area (Å²) in [4.78, 5) is 12.1. The molecule has 0 spiro atoms. The van der Waals surface area contributed by atoms with Crippen molar-refractivity contribution < 1.29 is 4.79 Å². The Morgan fingerprint density at radius 3 is 2.89 bits per heavy atom. The van der Waals surface area contributed by atoms with Crippen molar-refractivity contribution in [2.75, 3.05) is 5.73 Å². The number of carbonyl (C=O) groups excluding carboxylic acids is 1. The Balaban J connectivity index is 1.90. The van der Waals surface area contributed by atoms with E-state index in [1.807, 2.05) is 24.3 Å². The molecule has 1 aromatic rings. The van der Waals surface area contributed by atoms with E-state index < -0.39 is 0 Å². The number of nitrogens with one attached hydrogen (secondary N) is 1. The number of carbonyl (C=O) groups is 1. The molecule has 0 saturated heterocycles. The predicted octanol–water partition coefficient (Wildman–Crippen LogP) is 2.90. The van der Waals surface area contributed by atoms with E-state index >= 15 is 0 Å². The maximum atomic E-state index is 12.1. The molecule has 1 fully saturated rings. The zero-order chi connectivity index (χ0) is 13.7. The fourth-order valence-electron chi connectivity index (χ4n) is 3.03. The van der Waals surface area contributed by atoms with E-state index in [2.05, 4.69) is 12.2 Å². The number of nitrogens with two attached hydrogens (primary N) is 1. The van der Waals surface area contributed by atoms with E-state index in [4.69, 9.17) is 5.73 Å². The fourth-order valence-corrected chi connectivity index (χ4v) is 3.03. The number of anilines is 1. The number of hydrogen-bond donors (Lipinski definition) is 2. The number of hydrogen-bond acceptors (Lipinski definition) is 2. The lowest BCUT2D eigenvalue weighted by Crippen LogP contribution is -2.42. The van der Waals surface area contributed by atoms with E-state index in [9.17, 15) is 4.79 Å². The molecule has 1 aliphatic carbocycles. The molecule has 1 aromatic carbocycles. The Morgan fingerprint density at radius 1 is 1.37 bits per heavy atom. The summed E-state index contributed by atoms with van der Waals surface area (Å²) in [6, 6.07) is 7.93. The number of benzene rings is 1. The molecule has 3 heteroatoms. The van der Waals surface area contributed by atoms with Gasteiger partial charge in [-0.15, -0.1) is 0 Å². The standard InChI is InChI=1S/C16H24N2O/c1-2-13-7-3-4-9-15(13)18-16(19)11-12-6-5-8-14(17)10-12/h5-6,8,10,13,15H,2-4,7,9,11,17H2,1H3,(H,18,19). The summed E-state index contributed by atoms with van der Waals surface area (Å²) < 4.78 is 0. The largest absolute Gasteiger partial charge is 0.399 e. The topological polar surface area (TPSA) is 55.1 Å². The van der Waals surface area contributed by atoms with Gasteiger partial charge in [-0.3, -0.25) is 4.79 Å². The van der Waals surface area contributed by atoms with E-state index in [0.717, 1.165) is 24.1 Å². The maximum Gasteiger partial charge on any atom is 0.224 e. The molecule has 0 radical (unpaired) electrons. The Hall–Kier alpha value is -1.51. The monoisotopic (exact) mass is 260 g/mol. The average molecular weight is 260 g/mol. The minimum Gasteiger partial charge on any atom is -0.399 e. The third-order valence-electron chi connectivity index (χ3n) is 4.10. The van der Waals surface area contributed by atoms with Gasteiger partial charge in [-0.25, -0.2) is 0 Å². The van der Waals surface area contributed by atoms with Crippen molar-refractivity contribution >= 4 is 11.6 Å². The van der Waals surface area contributed by atoms with Crippen LogP contribution in [-0.2, 0) is 11.2 Å². The lowest BCUT2D eigenvalue weighted by atomic mass is 9.83. The minimum atomic E-state index is 0.121. The van der Waals surface area contributed by atoms with Gasteiger partial charge in [0.2, 0.25) is 5.91 Å². The van der Waals surface area contributed by atoms with Crippen LogP contribution in [0.15, 0.2) is 24.3 Å². The smallest absolute Gasteiger partial charge is 0.224 e. The Kier molecular flexibility index (Phi) is 4.83. The van der Waals surface area contributed by atoms with Crippen LogP contribution in [0.3, 0.4) is 0 Å². The van der Waals surface area contributed by atoms with Crippen LogP contribution >= 0.6 is 0 Å². The number of rotatable bonds is 4. The summed E-state index contributed by atoms with van der Waals surface area (Å²) in [6.45, 7) is 2.22. The molecule has 1 aliphatic rings. The molecular weight excluding hydrogens is 236 g/mol. The summed E-state index contributed by atoms with van der Waals surface area (Å²) in [6.07, 6.45) is 6.50. The van der Waals surface area contributed by atoms with Gasteiger partial charge in [0.15, 0.2) is 0 Å². The van der Waals surface area contributed by atoms with Gasteiger partial charge in [0.05, 0.1) is 6.42 Å². The molecule has 3 nitrogen and oxygen atoms in total. The highest BCUT2D eigenvalue weighted by molar-refractivity contribution is 5.79. The van der Waals surface area contributed by atoms with Crippen molar-refractivity contribution in [3.63, 3.8) is 0 Å². The van der Waals surface area contributed by atoms with E-state index in [-0.39, 0.29) is 5.91 Å². The summed E-state index contributed by atoms with van der Waals surface area (Å²) in [5.74, 6) is 0.773. The third-order valence-corrected chi connectivity index (χ3v) is 4.10. The molecule has 2 unspecified atom stereocenters. The highest BCUT2D eigenvalue weighted by atomic mass is 16.1. The Bertz CT molecular complexity index is 431. The molecule has 0 bridgehead atoms. The summed E-state index contributed by atoms with van der Waals surface area (Å²) >= 11 is 0. The van der Waals surface area contributed by atoms with Crippen molar-refractivity contribution in [2.45, 2.75) is 51.5 Å². The molecule has 3 N–H and O–H groups in total. The quantitative estimate of drug-likeness (QED) is 0.818. The number of amides is 1. The SMILES string of the molecule is CCC1CCCCC1NC(=O)Cc1cccc(N)c1. The Labute approximate surface area is 115 Å². The highest BCUT2D eigenvalue weighted by Crippen LogP contribution is 2.26. The van der Waals surface area contributed by atoms with Gasteiger partial charge >= 0.3 is 0 Å². The molecule has 104 valence electrons. The van der Waals surface area contributed by atoms with E-state index in [1.165, 1.54) is 19.3 Å². The van der Waals surface area contributed by atoms with E-state index in [1.54, 1.807) is 0 Å². The van der Waals surface area contributed by atoms with Crippen LogP contribution in [0.2, 0.25) is 0 Å². The van der Waals surface area contributed by atoms with Crippen molar-refractivity contribution in [1.29, 1.82) is 0 Å². The zero-order valence-electron chi connectivity index (χ0n) is 11.7. The van der Waals surface area contributed by atoms with Crippen LogP contribution in [0.1, 0.15) is 44.6 Å². The van der Waals surface area contributed by atoms with Crippen LogP contribution in [0.25, 0.3) is 0 Å². The molecule has 0 aliphatic heterocycles. The van der Waals surface area contributed by atoms with Crippen molar-refractivity contribution in [1.82, 2.24) is 5.32 Å². The van der Waals surface area contributed by atoms with Crippen LogP contribution in [0.4, 0.5) is 5.69 Å². The van der Waals surface area contributed by atoms with Crippen molar-refractivity contribution in [2.24, 2.45) is 5.92 Å². The molecule has 1 amide bonds. The number of nitrogen functional groups attached to an aromatic ring is 1. The van der Waals surface area contributed by atoms with E-state index in [0.29, 0.717) is 18.4 Å². The first-order chi connectivity index (χ1) is 9.19. The summed E-state index contributed by atoms with van der Waals surface area (Å²) in [5, 5.41) is 3.21. The predicted molar refractivity (Wildman–Crippen MR) is 78.7 cm³/mol. The highest BCUT2D eigenvalue weighted by Gasteiger charge is 2.24. The second-order valence-electron chi connectivity index (χ2n) is 5.55. The molecule has 2 atom stereocenters. The van der Waals surface area contributed by atoms with Gasteiger partial charge in [-0.2, -0.15) is 0 Å². The second-order valence-corrected chi connectivity index (χ2v) is 5.55. The Morgan fingerprint density at radius 2 is 2.16 bits per heavy atom. The van der Waals surface area contributed by atoms with Gasteiger partial charge in [0, 0.05) is 11.7 Å². The van der Waals surface area contributed by atoms with Crippen molar-refractivity contribution in [3.8, 4) is 0 Å². The lowest BCUT2D eigenvalue weighted by Gasteiger charge is -2.31. The van der Waals surface area contributed by atoms with Gasteiger partial charge in [0.25, 0.3) is 0 Å². The van der Waals surface area contributed by atoms with Crippen LogP contribution < -0.4 is 11.1 Å². The lowest BCUT2D eigenvalue weighted by molar-refractivity contribution is -0.121. The van der Waals surface area contributed by atoms with Gasteiger partial charge in [-0.1, -0.05) is 38.3 Å². The molecule has 0 aromatic heterocycles. The summed E-state index contributed by atoms with van der Waals surface area (Å²) in [5.41, 5.74) is 7.43. The summed E-state index contributed by atoms with van der Waals surface area (Å²) in [7, 11) is 0. The third kappa shape index (κ3) is 3.98. The van der Waals surface area contributed by atoms with Crippen LogP contribution in [0, 0.1) is 5.92 Å². The van der Waals surface area contributed by atoms with Gasteiger partial charge < -0.3 is 11.1 Å². The average Bonchev–Trinajstić information content (AvgIpc) is 2.39. The maximum absolute atomic E-state index is 12.1. The normalized spacial score (nSPS) is 23.0.